The molecule has 166 valence electrons. The maximum Gasteiger partial charge on any atom is 0.114 e. The van der Waals surface area contributed by atoms with Crippen molar-refractivity contribution in [2.75, 3.05) is 43.0 Å². The van der Waals surface area contributed by atoms with Gasteiger partial charge in [-0.25, -0.2) is 0 Å². The molecule has 0 fully saturated rings. The van der Waals surface area contributed by atoms with E-state index < -0.39 is 8.07 Å². The van der Waals surface area contributed by atoms with Crippen LogP contribution in [0.25, 0.3) is 0 Å². The van der Waals surface area contributed by atoms with Crippen LogP contribution in [0.1, 0.15) is 59.1 Å². The number of anilines is 2. The lowest BCUT2D eigenvalue weighted by atomic mass is 9.84. The lowest BCUT2D eigenvalue weighted by Crippen LogP contribution is -2.63. The second kappa shape index (κ2) is 6.72. The van der Waals surface area contributed by atoms with Crippen molar-refractivity contribution < 1.29 is 0 Å². The van der Waals surface area contributed by atoms with E-state index in [-0.39, 0.29) is 0 Å². The maximum atomic E-state index is 5.03. The van der Waals surface area contributed by atoms with E-state index >= 15 is 0 Å². The first-order chi connectivity index (χ1) is 15.6. The molecule has 2 aromatic rings. The van der Waals surface area contributed by atoms with Gasteiger partial charge in [0.15, 0.2) is 0 Å². The predicted molar refractivity (Wildman–Crippen MR) is 139 cm³/mol. The van der Waals surface area contributed by atoms with Crippen LogP contribution in [-0.2, 0) is 25.7 Å². The van der Waals surface area contributed by atoms with E-state index in [1.807, 2.05) is 7.05 Å². The second-order valence-corrected chi connectivity index (χ2v) is 15.4. The minimum atomic E-state index is -1.87. The molecule has 0 bridgehead atoms. The Kier molecular flexibility index (Phi) is 4.08. The number of aryl methyl sites for hydroxylation is 2. The number of aliphatic imine (C=N–C) groups is 1. The molecule has 0 aliphatic carbocycles. The standard InChI is InChI=1S/C28H35N3Si/c1-29-24-22-16-18-8-4-12-30-14-6-10-20(25(18)30)27(22)32(2,3)28-21-11-7-15-31-13-5-9-19(26(21)31)17-23(24)28/h16-17H,4-15H2,1-3H3. The smallest absolute Gasteiger partial charge is 0.114 e. The minimum Gasteiger partial charge on any atom is -0.371 e. The van der Waals surface area contributed by atoms with E-state index in [2.05, 4.69) is 35.0 Å². The normalized spacial score (nSPS) is 22.0. The van der Waals surface area contributed by atoms with Crippen LogP contribution >= 0.6 is 0 Å². The Morgan fingerprint density at radius 2 is 1.12 bits per heavy atom. The molecule has 0 saturated heterocycles. The zero-order chi connectivity index (χ0) is 21.6. The molecule has 5 heterocycles. The van der Waals surface area contributed by atoms with Crippen LogP contribution in [0.15, 0.2) is 17.1 Å². The first-order valence-electron chi connectivity index (χ1n) is 13.0. The van der Waals surface area contributed by atoms with Crippen molar-refractivity contribution >= 4 is 35.5 Å². The summed E-state index contributed by atoms with van der Waals surface area (Å²) in [6, 6.07) is 5.17. The van der Waals surface area contributed by atoms with Crippen molar-refractivity contribution in [2.45, 2.75) is 64.5 Å². The third-order valence-corrected chi connectivity index (χ3v) is 12.7. The second-order valence-electron chi connectivity index (χ2n) is 11.2. The lowest BCUT2D eigenvalue weighted by Gasteiger charge is -2.46. The molecule has 0 saturated carbocycles. The molecular formula is C28H35N3Si. The van der Waals surface area contributed by atoms with Gasteiger partial charge in [0.25, 0.3) is 0 Å². The largest absolute Gasteiger partial charge is 0.371 e. The molecular weight excluding hydrogens is 406 g/mol. The molecule has 0 amide bonds. The molecule has 5 aliphatic rings. The van der Waals surface area contributed by atoms with Gasteiger partial charge in [0.2, 0.25) is 0 Å². The summed E-state index contributed by atoms with van der Waals surface area (Å²) in [5.41, 5.74) is 14.2. The fourth-order valence-electron chi connectivity index (χ4n) is 8.03. The Balaban J connectivity index is 1.57. The average Bonchev–Trinajstić information content (AvgIpc) is 2.79. The molecule has 0 spiro atoms. The topological polar surface area (TPSA) is 18.8 Å². The molecule has 5 aliphatic heterocycles. The van der Waals surface area contributed by atoms with Crippen LogP contribution in [0, 0.1) is 0 Å². The zero-order valence-electron chi connectivity index (χ0n) is 20.0. The maximum absolute atomic E-state index is 5.03. The van der Waals surface area contributed by atoms with E-state index in [0.717, 1.165) is 0 Å². The van der Waals surface area contributed by atoms with Gasteiger partial charge in [0.1, 0.15) is 8.07 Å². The van der Waals surface area contributed by atoms with Crippen LogP contribution in [0.2, 0.25) is 13.1 Å². The Bertz CT molecular complexity index is 1100. The van der Waals surface area contributed by atoms with Crippen molar-refractivity contribution in [3.05, 3.63) is 45.5 Å². The molecule has 0 atom stereocenters. The molecule has 7 rings (SSSR count). The third-order valence-electron chi connectivity index (χ3n) is 9.03. The van der Waals surface area contributed by atoms with Crippen LogP contribution in [0.5, 0.6) is 0 Å². The van der Waals surface area contributed by atoms with Crippen molar-refractivity contribution in [2.24, 2.45) is 4.99 Å². The van der Waals surface area contributed by atoms with E-state index in [9.17, 15) is 0 Å². The number of fused-ring (bicyclic) bond motifs is 4. The molecule has 2 aromatic carbocycles. The highest BCUT2D eigenvalue weighted by Crippen LogP contribution is 2.41. The van der Waals surface area contributed by atoms with E-state index in [1.165, 1.54) is 94.4 Å². The highest BCUT2D eigenvalue weighted by Gasteiger charge is 2.45. The van der Waals surface area contributed by atoms with Crippen molar-refractivity contribution in [1.29, 1.82) is 0 Å². The van der Waals surface area contributed by atoms with Crippen LogP contribution < -0.4 is 20.2 Å². The predicted octanol–water partition coefficient (Wildman–Crippen LogP) is 3.69. The average molecular weight is 442 g/mol. The van der Waals surface area contributed by atoms with Gasteiger partial charge in [-0.2, -0.15) is 0 Å². The van der Waals surface area contributed by atoms with Gasteiger partial charge in [-0.15, -0.1) is 0 Å². The summed E-state index contributed by atoms with van der Waals surface area (Å²) in [7, 11) is 0.174. The van der Waals surface area contributed by atoms with Crippen molar-refractivity contribution in [3.63, 3.8) is 0 Å². The fraction of sp³-hybridized carbons (Fsp3) is 0.536. The lowest BCUT2D eigenvalue weighted by molar-refractivity contribution is 0.634. The van der Waals surface area contributed by atoms with Crippen LogP contribution in [0.3, 0.4) is 0 Å². The first kappa shape index (κ1) is 19.4. The van der Waals surface area contributed by atoms with Crippen molar-refractivity contribution in [1.82, 2.24) is 0 Å². The summed E-state index contributed by atoms with van der Waals surface area (Å²) in [6.45, 7) is 10.3. The van der Waals surface area contributed by atoms with Crippen molar-refractivity contribution in [3.8, 4) is 0 Å². The monoisotopic (exact) mass is 441 g/mol. The third kappa shape index (κ3) is 2.40. The van der Waals surface area contributed by atoms with Gasteiger partial charge in [-0.05, 0) is 96.1 Å². The Labute approximate surface area is 193 Å². The van der Waals surface area contributed by atoms with E-state index in [4.69, 9.17) is 4.99 Å². The Morgan fingerprint density at radius 1 is 0.688 bits per heavy atom. The number of nitrogens with zero attached hydrogens (tertiary/aromatic N) is 3. The SMILES string of the molecule is CN=C1c2cc3c4c(c2[Si](C)(C)c2c1cc1c5c2CCCN5CCC1)CCCN4CCC3. The first-order valence-corrected chi connectivity index (χ1v) is 16.0. The number of benzene rings is 2. The quantitative estimate of drug-likeness (QED) is 0.581. The molecule has 32 heavy (non-hydrogen) atoms. The van der Waals surface area contributed by atoms with Gasteiger partial charge < -0.3 is 9.80 Å². The molecule has 4 heteroatoms. The number of hydrogen-bond acceptors (Lipinski definition) is 3. The molecule has 0 unspecified atom stereocenters. The van der Waals surface area contributed by atoms with Crippen LogP contribution in [0.4, 0.5) is 11.4 Å². The number of hydrogen-bond donors (Lipinski definition) is 0. The van der Waals surface area contributed by atoms with Gasteiger partial charge in [0, 0.05) is 55.7 Å². The summed E-state index contributed by atoms with van der Waals surface area (Å²) >= 11 is 0. The van der Waals surface area contributed by atoms with Gasteiger partial charge >= 0.3 is 0 Å². The van der Waals surface area contributed by atoms with Gasteiger partial charge in [-0.1, -0.05) is 13.1 Å². The highest BCUT2D eigenvalue weighted by molar-refractivity contribution is 7.03. The number of rotatable bonds is 0. The summed E-state index contributed by atoms with van der Waals surface area (Å²) in [5, 5.41) is 3.47. The van der Waals surface area contributed by atoms with E-state index in [0.29, 0.717) is 0 Å². The van der Waals surface area contributed by atoms with Gasteiger partial charge in [-0.3, -0.25) is 4.99 Å². The Morgan fingerprint density at radius 3 is 1.56 bits per heavy atom. The van der Waals surface area contributed by atoms with Crippen LogP contribution in [-0.4, -0.2) is 47.0 Å². The summed E-state index contributed by atoms with van der Waals surface area (Å²) in [4.78, 5) is 10.5. The van der Waals surface area contributed by atoms with E-state index in [1.54, 1.807) is 44.0 Å². The fourth-order valence-corrected chi connectivity index (χ4v) is 12.0. The summed E-state index contributed by atoms with van der Waals surface area (Å²) in [5.74, 6) is 0. The summed E-state index contributed by atoms with van der Waals surface area (Å²) in [6.07, 6.45) is 10.2. The molecule has 3 nitrogen and oxygen atoms in total. The molecule has 0 aromatic heterocycles. The Hall–Kier alpha value is -2.07. The van der Waals surface area contributed by atoms with Gasteiger partial charge in [0.05, 0.1) is 5.71 Å². The summed E-state index contributed by atoms with van der Waals surface area (Å²) < 4.78 is 0. The molecule has 0 radical (unpaired) electrons. The molecule has 0 N–H and O–H groups in total. The highest BCUT2D eigenvalue weighted by atomic mass is 28.3. The zero-order valence-corrected chi connectivity index (χ0v) is 21.0. The minimum absolute atomic E-state index is 1.24.